The Morgan fingerprint density at radius 1 is 0.966 bits per heavy atom. The van der Waals surface area contributed by atoms with Gasteiger partial charge < -0.3 is 16.0 Å². The number of nitrogens with one attached hydrogen (secondary N) is 3. The van der Waals surface area contributed by atoms with Crippen molar-refractivity contribution in [3.05, 3.63) is 64.1 Å². The molecule has 0 aromatic heterocycles. The van der Waals surface area contributed by atoms with E-state index in [4.69, 9.17) is 0 Å². The minimum absolute atomic E-state index is 0.0550. The van der Waals surface area contributed by atoms with Crippen LogP contribution in [0.25, 0.3) is 0 Å². The van der Waals surface area contributed by atoms with Gasteiger partial charge in [-0.05, 0) is 29.8 Å². The molecule has 3 N–H and O–H groups in total. The summed E-state index contributed by atoms with van der Waals surface area (Å²) >= 11 is 3.31. The molecule has 0 bridgehead atoms. The van der Waals surface area contributed by atoms with Crippen LogP contribution in [-0.2, 0) is 16.6 Å². The van der Waals surface area contributed by atoms with Crippen molar-refractivity contribution in [2.45, 2.75) is 11.4 Å². The van der Waals surface area contributed by atoms with Crippen LogP contribution in [0.15, 0.2) is 57.9 Å². The van der Waals surface area contributed by atoms with E-state index in [9.17, 15) is 18.0 Å². The Morgan fingerprint density at radius 3 is 2.34 bits per heavy atom. The molecule has 2 aromatic rings. The molecule has 0 unspecified atom stereocenters. The van der Waals surface area contributed by atoms with Crippen molar-refractivity contribution in [3.63, 3.8) is 0 Å². The van der Waals surface area contributed by atoms with Gasteiger partial charge in [0, 0.05) is 43.8 Å². The first-order valence-electron chi connectivity index (χ1n) is 8.77. The fraction of sp³-hybridized carbons (Fsp3) is 0.263. The molecule has 0 aliphatic carbocycles. The molecule has 0 aliphatic rings. The maximum atomic E-state index is 12.4. The largest absolute Gasteiger partial charge is 0.350 e. The molecule has 29 heavy (non-hydrogen) atoms. The van der Waals surface area contributed by atoms with E-state index in [1.807, 2.05) is 6.07 Å². The quantitative estimate of drug-likeness (QED) is 0.499. The van der Waals surface area contributed by atoms with Gasteiger partial charge in [-0.2, -0.15) is 0 Å². The van der Waals surface area contributed by atoms with Crippen LogP contribution in [-0.4, -0.2) is 51.8 Å². The summed E-state index contributed by atoms with van der Waals surface area (Å²) in [4.78, 5) is 24.1. The molecule has 2 aromatic carbocycles. The van der Waals surface area contributed by atoms with E-state index in [0.717, 1.165) is 8.78 Å². The first kappa shape index (κ1) is 22.9. The normalized spacial score (nSPS) is 11.2. The highest BCUT2D eigenvalue weighted by Gasteiger charge is 2.20. The van der Waals surface area contributed by atoms with E-state index in [1.54, 1.807) is 36.4 Å². The third kappa shape index (κ3) is 6.55. The van der Waals surface area contributed by atoms with Gasteiger partial charge in [0.15, 0.2) is 0 Å². The average molecular weight is 483 g/mol. The van der Waals surface area contributed by atoms with Gasteiger partial charge in [-0.3, -0.25) is 4.79 Å². The molecule has 0 aliphatic heterocycles. The number of sulfonamides is 1. The van der Waals surface area contributed by atoms with E-state index >= 15 is 0 Å². The molecular weight excluding hydrogens is 460 g/mol. The summed E-state index contributed by atoms with van der Waals surface area (Å²) < 4.78 is 26.7. The monoisotopic (exact) mass is 482 g/mol. The highest BCUT2D eigenvalue weighted by atomic mass is 79.9. The maximum Gasteiger partial charge on any atom is 0.315 e. The number of halogens is 1. The predicted molar refractivity (Wildman–Crippen MR) is 114 cm³/mol. The number of benzene rings is 2. The van der Waals surface area contributed by atoms with Crippen LogP contribution in [0.2, 0.25) is 0 Å². The summed E-state index contributed by atoms with van der Waals surface area (Å²) in [7, 11) is -0.698. The summed E-state index contributed by atoms with van der Waals surface area (Å²) in [6, 6.07) is 13.0. The maximum absolute atomic E-state index is 12.4. The molecule has 0 saturated heterocycles. The van der Waals surface area contributed by atoms with Crippen molar-refractivity contribution < 1.29 is 18.0 Å². The van der Waals surface area contributed by atoms with Crippen molar-refractivity contribution in [3.8, 4) is 0 Å². The van der Waals surface area contributed by atoms with Gasteiger partial charge in [-0.1, -0.05) is 40.2 Å². The minimum Gasteiger partial charge on any atom is -0.350 e. The number of carbonyl (C=O) groups excluding carboxylic acids is 2. The Kier molecular flexibility index (Phi) is 8.18. The lowest BCUT2D eigenvalue weighted by Crippen LogP contribution is -2.40. The average Bonchev–Trinajstić information content (AvgIpc) is 2.69. The lowest BCUT2D eigenvalue weighted by Gasteiger charge is -2.15. The number of nitrogens with zero attached hydrogens (tertiary/aromatic N) is 1. The Morgan fingerprint density at radius 2 is 1.66 bits per heavy atom. The van der Waals surface area contributed by atoms with E-state index in [1.165, 1.54) is 20.2 Å². The Hall–Kier alpha value is -2.43. The van der Waals surface area contributed by atoms with Crippen molar-refractivity contribution >= 4 is 37.9 Å². The van der Waals surface area contributed by atoms with Crippen molar-refractivity contribution in [2.75, 3.05) is 27.2 Å². The molecule has 0 saturated carbocycles. The molecule has 8 nitrogen and oxygen atoms in total. The molecule has 2 rings (SSSR count). The Bertz CT molecular complexity index is 980. The summed E-state index contributed by atoms with van der Waals surface area (Å²) in [5.74, 6) is -0.240. The first-order valence-corrected chi connectivity index (χ1v) is 11.0. The van der Waals surface area contributed by atoms with Gasteiger partial charge in [-0.25, -0.2) is 17.5 Å². The summed E-state index contributed by atoms with van der Waals surface area (Å²) in [6.45, 7) is 0.535. The second kappa shape index (κ2) is 10.4. The fourth-order valence-electron chi connectivity index (χ4n) is 2.42. The predicted octanol–water partition coefficient (Wildman–Crippen LogP) is 1.93. The van der Waals surface area contributed by atoms with E-state index in [0.29, 0.717) is 11.1 Å². The zero-order valence-corrected chi connectivity index (χ0v) is 18.5. The van der Waals surface area contributed by atoms with Gasteiger partial charge in [0.1, 0.15) is 0 Å². The van der Waals surface area contributed by atoms with Crippen LogP contribution < -0.4 is 16.0 Å². The third-order valence-corrected chi connectivity index (χ3v) is 6.36. The first-order chi connectivity index (χ1) is 13.7. The molecular formula is C19H23BrN4O4S. The third-order valence-electron chi connectivity index (χ3n) is 3.95. The molecule has 3 amide bonds. The molecule has 10 heteroatoms. The molecule has 0 atom stereocenters. The van der Waals surface area contributed by atoms with Gasteiger partial charge >= 0.3 is 6.03 Å². The standard InChI is InChI=1S/C19H23BrN4O4S/c1-24(2)29(27,28)17-9-4-3-6-15(17)13-23-19(26)22-11-10-21-18(25)14-7-5-8-16(20)12-14/h3-9,12H,10-11,13H2,1-2H3,(H,21,25)(H2,22,23,26). The van der Waals surface area contributed by atoms with Crippen LogP contribution in [0, 0.1) is 0 Å². The van der Waals surface area contributed by atoms with Gasteiger partial charge in [0.2, 0.25) is 10.0 Å². The van der Waals surface area contributed by atoms with Crippen molar-refractivity contribution in [1.29, 1.82) is 0 Å². The zero-order valence-electron chi connectivity index (χ0n) is 16.1. The Balaban J connectivity index is 1.80. The second-order valence-electron chi connectivity index (χ2n) is 6.27. The SMILES string of the molecule is CN(C)S(=O)(=O)c1ccccc1CNC(=O)NCCNC(=O)c1cccc(Br)c1. The molecule has 156 valence electrons. The highest BCUT2D eigenvalue weighted by Crippen LogP contribution is 2.18. The smallest absolute Gasteiger partial charge is 0.315 e. The number of amides is 3. The van der Waals surface area contributed by atoms with Crippen molar-refractivity contribution in [2.24, 2.45) is 0 Å². The van der Waals surface area contributed by atoms with Gasteiger partial charge in [-0.15, -0.1) is 0 Å². The topological polar surface area (TPSA) is 108 Å². The van der Waals surface area contributed by atoms with E-state index in [2.05, 4.69) is 31.9 Å². The lowest BCUT2D eigenvalue weighted by atomic mass is 10.2. The lowest BCUT2D eigenvalue weighted by molar-refractivity contribution is 0.0953. The second-order valence-corrected chi connectivity index (χ2v) is 9.31. The van der Waals surface area contributed by atoms with Gasteiger partial charge in [0.25, 0.3) is 5.91 Å². The molecule has 0 radical (unpaired) electrons. The number of hydrogen-bond donors (Lipinski definition) is 3. The van der Waals surface area contributed by atoms with Gasteiger partial charge in [0.05, 0.1) is 4.90 Å². The summed E-state index contributed by atoms with van der Waals surface area (Å²) in [5, 5.41) is 7.95. The van der Waals surface area contributed by atoms with Crippen LogP contribution in [0.3, 0.4) is 0 Å². The van der Waals surface area contributed by atoms with Crippen LogP contribution in [0.5, 0.6) is 0 Å². The zero-order chi connectivity index (χ0) is 21.4. The van der Waals surface area contributed by atoms with Crippen LogP contribution >= 0.6 is 15.9 Å². The van der Waals surface area contributed by atoms with Crippen LogP contribution in [0.4, 0.5) is 4.79 Å². The highest BCUT2D eigenvalue weighted by molar-refractivity contribution is 9.10. The minimum atomic E-state index is -3.60. The molecule has 0 spiro atoms. The molecule has 0 heterocycles. The summed E-state index contributed by atoms with van der Waals surface area (Å²) in [6.07, 6.45) is 0. The number of hydrogen-bond acceptors (Lipinski definition) is 4. The number of rotatable bonds is 8. The fourth-order valence-corrected chi connectivity index (χ4v) is 3.93. The molecule has 0 fully saturated rings. The number of urea groups is 1. The van der Waals surface area contributed by atoms with Crippen LogP contribution in [0.1, 0.15) is 15.9 Å². The van der Waals surface area contributed by atoms with E-state index < -0.39 is 16.1 Å². The van der Waals surface area contributed by atoms with Crippen molar-refractivity contribution in [1.82, 2.24) is 20.3 Å². The van der Waals surface area contributed by atoms with E-state index in [-0.39, 0.29) is 30.4 Å². The number of carbonyl (C=O) groups is 2. The summed E-state index contributed by atoms with van der Waals surface area (Å²) in [5.41, 5.74) is 1.00. The Labute approximate surface area is 178 Å².